The van der Waals surface area contributed by atoms with Gasteiger partial charge in [0.15, 0.2) is 5.11 Å². The predicted molar refractivity (Wildman–Crippen MR) is 155 cm³/mol. The lowest BCUT2D eigenvalue weighted by Gasteiger charge is -2.29. The average molecular weight is 561 g/mol. The van der Waals surface area contributed by atoms with Crippen LogP contribution in [0.1, 0.15) is 37.3 Å². The molecule has 1 saturated heterocycles. The number of non-ortho nitro benzene ring substituents is 1. The van der Waals surface area contributed by atoms with E-state index in [9.17, 15) is 14.9 Å². The summed E-state index contributed by atoms with van der Waals surface area (Å²) < 4.78 is 1.91. The van der Waals surface area contributed by atoms with E-state index in [4.69, 9.17) is 23.8 Å². The van der Waals surface area contributed by atoms with Crippen LogP contribution in [0.5, 0.6) is 0 Å². The summed E-state index contributed by atoms with van der Waals surface area (Å²) in [5.74, 6) is -0.327. The molecule has 1 aliphatic rings. The van der Waals surface area contributed by atoms with E-state index >= 15 is 0 Å². The van der Waals surface area contributed by atoms with Crippen LogP contribution < -0.4 is 15.5 Å². The van der Waals surface area contributed by atoms with E-state index < -0.39 is 4.92 Å². The van der Waals surface area contributed by atoms with Crippen molar-refractivity contribution in [3.63, 3.8) is 0 Å². The number of benzene rings is 2. The van der Waals surface area contributed by atoms with Gasteiger partial charge in [-0.1, -0.05) is 37.6 Å². The number of carbonyl (C=O) groups is 1. The molecule has 1 fully saturated rings. The molecule has 39 heavy (non-hydrogen) atoms. The van der Waals surface area contributed by atoms with Gasteiger partial charge in [-0.05, 0) is 60.7 Å². The average Bonchev–Trinajstić information content (AvgIpc) is 3.54. The van der Waals surface area contributed by atoms with Crippen molar-refractivity contribution in [2.24, 2.45) is 5.92 Å². The Labute approximate surface area is 235 Å². The molecule has 1 aliphatic heterocycles. The molecule has 1 amide bonds. The molecule has 2 aromatic heterocycles. The topological polar surface area (TPSA) is 105 Å². The van der Waals surface area contributed by atoms with Crippen LogP contribution in [-0.4, -0.2) is 25.5 Å². The minimum Gasteiger partial charge on any atom is -0.351 e. The second-order valence-corrected chi connectivity index (χ2v) is 10.2. The van der Waals surface area contributed by atoms with E-state index in [1.807, 2.05) is 72.0 Å². The van der Waals surface area contributed by atoms with Gasteiger partial charge in [0.2, 0.25) is 5.91 Å². The molecule has 0 bridgehead atoms. The maximum atomic E-state index is 12.2. The zero-order valence-corrected chi connectivity index (χ0v) is 22.7. The number of anilines is 2. The molecular formula is C28H25ClN6O3S. The van der Waals surface area contributed by atoms with Crippen molar-refractivity contribution in [2.75, 3.05) is 10.2 Å². The first-order chi connectivity index (χ1) is 18.7. The molecule has 2 aromatic carbocycles. The Morgan fingerprint density at radius 3 is 2.62 bits per heavy atom. The standard InChI is InChI=1S/C28H25ClN6O3S/c1-17(2)27(36)31-22-12-11-19(16-21(22)29)34-26(25(32-28(34)39)23-9-3-4-13-30-23)24-10-6-14-33(24)18-7-5-8-20(15-18)35(37)38/h3-17,25-26H,1-2H3,(H,31,36)(H,32,39)/t25-,26-/m0/s1. The van der Waals surface area contributed by atoms with Crippen LogP contribution >= 0.6 is 23.8 Å². The van der Waals surface area contributed by atoms with E-state index in [1.165, 1.54) is 12.1 Å². The van der Waals surface area contributed by atoms with Gasteiger partial charge in [0.1, 0.15) is 6.04 Å². The molecule has 198 valence electrons. The summed E-state index contributed by atoms with van der Waals surface area (Å²) in [6, 6.07) is 20.7. The molecule has 4 aromatic rings. The Hall–Kier alpha value is -4.28. The van der Waals surface area contributed by atoms with Crippen molar-refractivity contribution in [3.05, 3.63) is 112 Å². The summed E-state index contributed by atoms with van der Waals surface area (Å²) in [6.07, 6.45) is 3.59. The number of rotatable bonds is 7. The van der Waals surface area contributed by atoms with Gasteiger partial charge in [-0.2, -0.15) is 0 Å². The molecule has 0 spiro atoms. The first kappa shape index (κ1) is 26.3. The molecule has 5 rings (SSSR count). The summed E-state index contributed by atoms with van der Waals surface area (Å²) in [4.78, 5) is 29.8. The third kappa shape index (κ3) is 5.21. The first-order valence-electron chi connectivity index (χ1n) is 12.3. The number of aromatic nitrogens is 2. The number of nitrogens with one attached hydrogen (secondary N) is 2. The number of nitrogens with zero attached hydrogens (tertiary/aromatic N) is 4. The Morgan fingerprint density at radius 2 is 1.92 bits per heavy atom. The fourth-order valence-electron chi connectivity index (χ4n) is 4.59. The molecule has 0 unspecified atom stereocenters. The lowest BCUT2D eigenvalue weighted by molar-refractivity contribution is -0.384. The molecule has 11 heteroatoms. The Morgan fingerprint density at radius 1 is 1.10 bits per heavy atom. The summed E-state index contributed by atoms with van der Waals surface area (Å²) in [5.41, 5.74) is 3.49. The Balaban J connectivity index is 1.61. The molecule has 3 heterocycles. The van der Waals surface area contributed by atoms with Gasteiger partial charge in [0.25, 0.3) is 5.69 Å². The lowest BCUT2D eigenvalue weighted by Crippen LogP contribution is -2.30. The fraction of sp³-hybridized carbons (Fsp3) is 0.179. The van der Waals surface area contributed by atoms with Crippen LogP contribution in [0.2, 0.25) is 5.02 Å². The number of nitro groups is 1. The van der Waals surface area contributed by atoms with Gasteiger partial charge < -0.3 is 20.1 Å². The maximum absolute atomic E-state index is 12.2. The quantitative estimate of drug-likeness (QED) is 0.157. The number of halogens is 1. The van der Waals surface area contributed by atoms with Gasteiger partial charge in [-0.15, -0.1) is 0 Å². The first-order valence-corrected chi connectivity index (χ1v) is 13.1. The molecule has 2 atom stereocenters. The van der Waals surface area contributed by atoms with Crippen molar-refractivity contribution in [1.82, 2.24) is 14.9 Å². The molecule has 0 radical (unpaired) electrons. The summed E-state index contributed by atoms with van der Waals surface area (Å²) in [6.45, 7) is 3.62. The SMILES string of the molecule is CC(C)C(=O)Nc1ccc(N2C(=S)N[C@@H](c3ccccn3)[C@@H]2c2cccn2-c2cccc([N+](=O)[O-])c2)cc1Cl. The van der Waals surface area contributed by atoms with Crippen molar-refractivity contribution < 1.29 is 9.72 Å². The van der Waals surface area contributed by atoms with Crippen molar-refractivity contribution >= 4 is 51.9 Å². The number of nitro benzene ring substituents is 1. The number of carbonyl (C=O) groups excluding carboxylic acids is 1. The number of hydrogen-bond acceptors (Lipinski definition) is 5. The number of amides is 1. The summed E-state index contributed by atoms with van der Waals surface area (Å²) in [7, 11) is 0. The van der Waals surface area contributed by atoms with E-state index in [0.717, 1.165) is 17.1 Å². The van der Waals surface area contributed by atoms with Gasteiger partial charge in [0.05, 0.1) is 33.1 Å². The zero-order valence-electron chi connectivity index (χ0n) is 21.1. The van der Waals surface area contributed by atoms with E-state index in [0.29, 0.717) is 21.5 Å². The smallest absolute Gasteiger partial charge is 0.271 e. The van der Waals surface area contributed by atoms with Crippen LogP contribution in [0.15, 0.2) is 85.2 Å². The zero-order chi connectivity index (χ0) is 27.7. The molecule has 0 aliphatic carbocycles. The minimum atomic E-state index is -0.413. The van der Waals surface area contributed by atoms with Crippen molar-refractivity contribution in [2.45, 2.75) is 25.9 Å². The van der Waals surface area contributed by atoms with Crippen LogP contribution in [0, 0.1) is 16.0 Å². The van der Waals surface area contributed by atoms with Crippen LogP contribution in [-0.2, 0) is 4.79 Å². The second kappa shape index (κ2) is 10.8. The summed E-state index contributed by atoms with van der Waals surface area (Å²) >= 11 is 12.4. The highest BCUT2D eigenvalue weighted by atomic mass is 35.5. The molecule has 9 nitrogen and oxygen atoms in total. The maximum Gasteiger partial charge on any atom is 0.271 e. The molecule has 0 saturated carbocycles. The van der Waals surface area contributed by atoms with Gasteiger partial charge in [0, 0.05) is 41.8 Å². The van der Waals surface area contributed by atoms with Crippen LogP contribution in [0.25, 0.3) is 5.69 Å². The number of thiocarbonyl (C=S) groups is 1. The Kier molecular flexibility index (Phi) is 7.32. The van der Waals surface area contributed by atoms with E-state index in [2.05, 4.69) is 15.6 Å². The fourth-order valence-corrected chi connectivity index (χ4v) is 5.16. The molecule has 2 N–H and O–H groups in total. The Bertz CT molecular complexity index is 1560. The van der Waals surface area contributed by atoms with E-state index in [-0.39, 0.29) is 29.6 Å². The second-order valence-electron chi connectivity index (χ2n) is 9.38. The van der Waals surface area contributed by atoms with Gasteiger partial charge >= 0.3 is 0 Å². The monoisotopic (exact) mass is 560 g/mol. The third-order valence-corrected chi connectivity index (χ3v) is 7.14. The minimum absolute atomic E-state index is 0.00355. The van der Waals surface area contributed by atoms with Crippen LogP contribution in [0.4, 0.5) is 17.1 Å². The third-order valence-electron chi connectivity index (χ3n) is 6.51. The lowest BCUT2D eigenvalue weighted by atomic mass is 10.0. The van der Waals surface area contributed by atoms with E-state index in [1.54, 1.807) is 24.4 Å². The van der Waals surface area contributed by atoms with Crippen molar-refractivity contribution in [3.8, 4) is 5.69 Å². The number of pyridine rings is 1. The van der Waals surface area contributed by atoms with Crippen molar-refractivity contribution in [1.29, 1.82) is 0 Å². The van der Waals surface area contributed by atoms with Crippen LogP contribution in [0.3, 0.4) is 0 Å². The largest absolute Gasteiger partial charge is 0.351 e. The highest BCUT2D eigenvalue weighted by molar-refractivity contribution is 7.80. The highest BCUT2D eigenvalue weighted by Gasteiger charge is 2.42. The van der Waals surface area contributed by atoms with Gasteiger partial charge in [-0.3, -0.25) is 19.9 Å². The summed E-state index contributed by atoms with van der Waals surface area (Å²) in [5, 5.41) is 18.6. The normalized spacial score (nSPS) is 16.8. The highest BCUT2D eigenvalue weighted by Crippen LogP contribution is 2.43. The number of hydrogen-bond donors (Lipinski definition) is 2. The molecular weight excluding hydrogens is 536 g/mol. The predicted octanol–water partition coefficient (Wildman–Crippen LogP) is 6.21. The van der Waals surface area contributed by atoms with Gasteiger partial charge in [-0.25, -0.2) is 0 Å².